The molecule has 0 spiro atoms. The molecular formula is C12H9N3O2. The van der Waals surface area contributed by atoms with E-state index in [1.54, 1.807) is 30.3 Å². The number of anilines is 1. The Morgan fingerprint density at radius 2 is 1.88 bits per heavy atom. The number of carbonyl (C=O) groups is 2. The minimum atomic E-state index is -0.265. The average molecular weight is 227 g/mol. The van der Waals surface area contributed by atoms with Crippen molar-refractivity contribution in [2.75, 3.05) is 5.32 Å². The zero-order valence-corrected chi connectivity index (χ0v) is 8.83. The molecule has 1 aromatic carbocycles. The quantitative estimate of drug-likeness (QED) is 0.807. The Kier molecular flexibility index (Phi) is 3.20. The number of aldehydes is 1. The van der Waals surface area contributed by atoms with Crippen molar-refractivity contribution in [3.63, 3.8) is 0 Å². The number of carbonyl (C=O) groups excluding carboxylic acids is 2. The number of hydrogen-bond acceptors (Lipinski definition) is 4. The van der Waals surface area contributed by atoms with Gasteiger partial charge in [-0.25, -0.2) is 0 Å². The third-order valence-corrected chi connectivity index (χ3v) is 2.15. The van der Waals surface area contributed by atoms with Gasteiger partial charge in [-0.3, -0.25) is 9.59 Å². The van der Waals surface area contributed by atoms with Crippen LogP contribution in [0.2, 0.25) is 0 Å². The molecule has 2 aromatic rings. The fourth-order valence-corrected chi connectivity index (χ4v) is 1.27. The van der Waals surface area contributed by atoms with Crippen molar-refractivity contribution in [2.45, 2.75) is 0 Å². The van der Waals surface area contributed by atoms with Crippen LogP contribution in [-0.2, 0) is 0 Å². The highest BCUT2D eigenvalue weighted by Gasteiger charge is 2.05. The van der Waals surface area contributed by atoms with Gasteiger partial charge in [0.15, 0.2) is 0 Å². The molecule has 0 unspecified atom stereocenters. The maximum Gasteiger partial charge on any atom is 0.257 e. The van der Waals surface area contributed by atoms with E-state index in [0.29, 0.717) is 16.8 Å². The van der Waals surface area contributed by atoms with Crippen LogP contribution in [-0.4, -0.2) is 22.4 Å². The van der Waals surface area contributed by atoms with E-state index in [1.807, 2.05) is 0 Å². The predicted octanol–water partition coefficient (Wildman–Crippen LogP) is 1.54. The van der Waals surface area contributed by atoms with Crippen molar-refractivity contribution in [1.82, 2.24) is 10.2 Å². The van der Waals surface area contributed by atoms with E-state index < -0.39 is 0 Å². The Balaban J connectivity index is 2.10. The molecule has 0 bridgehead atoms. The molecule has 0 saturated heterocycles. The summed E-state index contributed by atoms with van der Waals surface area (Å²) in [4.78, 5) is 22.2. The van der Waals surface area contributed by atoms with Gasteiger partial charge in [-0.1, -0.05) is 0 Å². The van der Waals surface area contributed by atoms with E-state index in [4.69, 9.17) is 0 Å². The van der Waals surface area contributed by atoms with Crippen molar-refractivity contribution in [1.29, 1.82) is 0 Å². The van der Waals surface area contributed by atoms with Gasteiger partial charge in [0.2, 0.25) is 0 Å². The fourth-order valence-electron chi connectivity index (χ4n) is 1.27. The van der Waals surface area contributed by atoms with E-state index >= 15 is 0 Å². The van der Waals surface area contributed by atoms with E-state index in [2.05, 4.69) is 15.5 Å². The largest absolute Gasteiger partial charge is 0.322 e. The lowest BCUT2D eigenvalue weighted by molar-refractivity contribution is 0.102. The molecule has 5 nitrogen and oxygen atoms in total. The molecule has 0 aliphatic carbocycles. The molecule has 0 aliphatic rings. The number of rotatable bonds is 3. The van der Waals surface area contributed by atoms with Gasteiger partial charge in [-0.05, 0) is 30.3 Å². The van der Waals surface area contributed by atoms with Gasteiger partial charge in [0, 0.05) is 11.3 Å². The molecule has 0 aliphatic heterocycles. The number of benzene rings is 1. The maximum atomic E-state index is 11.7. The lowest BCUT2D eigenvalue weighted by atomic mass is 10.2. The summed E-state index contributed by atoms with van der Waals surface area (Å²) >= 11 is 0. The smallest absolute Gasteiger partial charge is 0.257 e. The molecule has 0 saturated carbocycles. The first kappa shape index (κ1) is 10.9. The van der Waals surface area contributed by atoms with Gasteiger partial charge >= 0.3 is 0 Å². The second-order valence-corrected chi connectivity index (χ2v) is 3.33. The van der Waals surface area contributed by atoms with Crippen molar-refractivity contribution >= 4 is 17.9 Å². The van der Waals surface area contributed by atoms with E-state index in [1.165, 1.54) is 12.4 Å². The van der Waals surface area contributed by atoms with Crippen molar-refractivity contribution in [3.8, 4) is 0 Å². The molecule has 84 valence electrons. The summed E-state index contributed by atoms with van der Waals surface area (Å²) in [6, 6.07) is 8.16. The molecule has 0 radical (unpaired) electrons. The standard InChI is InChI=1S/C12H9N3O2/c16-8-9-1-3-11(4-2-9)15-12(17)10-5-6-13-14-7-10/h1-8H,(H,15,17). The fraction of sp³-hybridized carbons (Fsp3) is 0. The van der Waals surface area contributed by atoms with Gasteiger partial charge in [0.05, 0.1) is 18.0 Å². The van der Waals surface area contributed by atoms with Crippen LogP contribution in [0.5, 0.6) is 0 Å². The Morgan fingerprint density at radius 3 is 2.47 bits per heavy atom. The van der Waals surface area contributed by atoms with Gasteiger partial charge in [0.1, 0.15) is 6.29 Å². The van der Waals surface area contributed by atoms with E-state index in [0.717, 1.165) is 6.29 Å². The molecule has 1 N–H and O–H groups in total. The first-order valence-corrected chi connectivity index (χ1v) is 4.93. The Labute approximate surface area is 97.5 Å². The minimum absolute atomic E-state index is 0.265. The summed E-state index contributed by atoms with van der Waals surface area (Å²) in [5.74, 6) is -0.265. The highest BCUT2D eigenvalue weighted by molar-refractivity contribution is 6.04. The molecule has 17 heavy (non-hydrogen) atoms. The SMILES string of the molecule is O=Cc1ccc(NC(=O)c2ccnnc2)cc1. The molecule has 0 atom stereocenters. The summed E-state index contributed by atoms with van der Waals surface area (Å²) in [5.41, 5.74) is 1.62. The van der Waals surface area contributed by atoms with Gasteiger partial charge in [-0.2, -0.15) is 10.2 Å². The first-order valence-electron chi connectivity index (χ1n) is 4.93. The number of aromatic nitrogens is 2. The second kappa shape index (κ2) is 4.98. The first-order chi connectivity index (χ1) is 8.29. The number of amides is 1. The third kappa shape index (κ3) is 2.72. The number of nitrogens with zero attached hydrogens (tertiary/aromatic N) is 2. The van der Waals surface area contributed by atoms with Crippen LogP contribution in [0.4, 0.5) is 5.69 Å². The summed E-state index contributed by atoms with van der Waals surface area (Å²) in [6.07, 6.45) is 3.58. The van der Waals surface area contributed by atoms with Crippen LogP contribution in [0, 0.1) is 0 Å². The zero-order chi connectivity index (χ0) is 12.1. The molecule has 1 heterocycles. The van der Waals surface area contributed by atoms with Crippen molar-refractivity contribution in [3.05, 3.63) is 53.9 Å². The zero-order valence-electron chi connectivity index (χ0n) is 8.83. The summed E-state index contributed by atoms with van der Waals surface area (Å²) < 4.78 is 0. The van der Waals surface area contributed by atoms with Crippen LogP contribution in [0.15, 0.2) is 42.7 Å². The van der Waals surface area contributed by atoms with Crippen LogP contribution >= 0.6 is 0 Å². The predicted molar refractivity (Wildman–Crippen MR) is 61.8 cm³/mol. The van der Waals surface area contributed by atoms with Gasteiger partial charge in [-0.15, -0.1) is 0 Å². The second-order valence-electron chi connectivity index (χ2n) is 3.33. The molecule has 5 heteroatoms. The topological polar surface area (TPSA) is 72.0 Å². The summed E-state index contributed by atoms with van der Waals surface area (Å²) in [7, 11) is 0. The lowest BCUT2D eigenvalue weighted by Gasteiger charge is -2.04. The molecule has 0 fully saturated rings. The van der Waals surface area contributed by atoms with E-state index in [-0.39, 0.29) is 5.91 Å². The maximum absolute atomic E-state index is 11.7. The molecular weight excluding hydrogens is 218 g/mol. The van der Waals surface area contributed by atoms with Gasteiger partial charge in [0.25, 0.3) is 5.91 Å². The van der Waals surface area contributed by atoms with Crippen LogP contribution in [0.3, 0.4) is 0 Å². The molecule has 1 aromatic heterocycles. The monoisotopic (exact) mass is 227 g/mol. The Hall–Kier alpha value is -2.56. The van der Waals surface area contributed by atoms with Gasteiger partial charge < -0.3 is 5.32 Å². The highest BCUT2D eigenvalue weighted by Crippen LogP contribution is 2.09. The Morgan fingerprint density at radius 1 is 1.12 bits per heavy atom. The number of hydrogen-bond donors (Lipinski definition) is 1. The third-order valence-electron chi connectivity index (χ3n) is 2.15. The number of nitrogens with one attached hydrogen (secondary N) is 1. The van der Waals surface area contributed by atoms with Crippen LogP contribution in [0.25, 0.3) is 0 Å². The molecule has 1 amide bonds. The summed E-state index contributed by atoms with van der Waals surface area (Å²) in [5, 5.41) is 9.89. The van der Waals surface area contributed by atoms with Crippen molar-refractivity contribution in [2.24, 2.45) is 0 Å². The molecule has 2 rings (SSSR count). The minimum Gasteiger partial charge on any atom is -0.322 e. The van der Waals surface area contributed by atoms with E-state index in [9.17, 15) is 9.59 Å². The Bertz CT molecular complexity index is 523. The van der Waals surface area contributed by atoms with Crippen LogP contribution in [0.1, 0.15) is 20.7 Å². The van der Waals surface area contributed by atoms with Crippen LogP contribution < -0.4 is 5.32 Å². The normalized spacial score (nSPS) is 9.65. The summed E-state index contributed by atoms with van der Waals surface area (Å²) in [6.45, 7) is 0. The average Bonchev–Trinajstić information content (AvgIpc) is 2.40. The lowest BCUT2D eigenvalue weighted by Crippen LogP contribution is -2.12. The van der Waals surface area contributed by atoms with Crippen molar-refractivity contribution < 1.29 is 9.59 Å². The highest BCUT2D eigenvalue weighted by atomic mass is 16.1.